The molecular weight excluding hydrogens is 378 g/mol. The third kappa shape index (κ3) is 5.68. The van der Waals surface area contributed by atoms with E-state index in [1.54, 1.807) is 12.1 Å². The lowest BCUT2D eigenvalue weighted by Crippen LogP contribution is -2.31. The minimum atomic E-state index is -3.50. The molecule has 0 bridgehead atoms. The van der Waals surface area contributed by atoms with E-state index < -0.39 is 16.0 Å². The summed E-state index contributed by atoms with van der Waals surface area (Å²) in [4.78, 5) is 10.7. The number of hydrogen-bond donors (Lipinski definition) is 2. The minimum absolute atomic E-state index is 0.183. The highest BCUT2D eigenvalue weighted by Gasteiger charge is 2.22. The van der Waals surface area contributed by atoms with Crippen molar-refractivity contribution in [3.63, 3.8) is 0 Å². The Kier molecular flexibility index (Phi) is 6.49. The van der Waals surface area contributed by atoms with Crippen LogP contribution in [0.1, 0.15) is 23.1 Å². The number of carboxylic acids is 1. The number of hydrogen-bond acceptors (Lipinski definition) is 4. The van der Waals surface area contributed by atoms with E-state index in [0.29, 0.717) is 12.3 Å². The van der Waals surface area contributed by atoms with Gasteiger partial charge in [-0.15, -0.1) is 0 Å². The smallest absolute Gasteiger partial charge is 0.341 e. The van der Waals surface area contributed by atoms with Crippen LogP contribution in [0.4, 0.5) is 0 Å². The molecule has 1 aliphatic carbocycles. The van der Waals surface area contributed by atoms with E-state index in [9.17, 15) is 13.2 Å². The number of aliphatic carboxylic acids is 1. The summed E-state index contributed by atoms with van der Waals surface area (Å²) in [5.41, 5.74) is 2.93. The monoisotopic (exact) mass is 401 g/mol. The molecule has 0 saturated heterocycles. The number of nitrogens with one attached hydrogen (secondary N) is 1. The van der Waals surface area contributed by atoms with Gasteiger partial charge in [0.25, 0.3) is 0 Å². The molecule has 0 heterocycles. The van der Waals surface area contributed by atoms with Crippen LogP contribution in [-0.2, 0) is 27.7 Å². The molecule has 6 nitrogen and oxygen atoms in total. The Hall–Kier alpha value is -2.64. The highest BCUT2D eigenvalue weighted by atomic mass is 32.2. The molecule has 148 valence electrons. The Morgan fingerprint density at radius 2 is 1.96 bits per heavy atom. The topological polar surface area (TPSA) is 92.7 Å². The molecule has 0 fully saturated rings. The van der Waals surface area contributed by atoms with Crippen LogP contribution in [0.3, 0.4) is 0 Å². The maximum atomic E-state index is 12.2. The van der Waals surface area contributed by atoms with E-state index in [4.69, 9.17) is 9.84 Å². The molecule has 28 heavy (non-hydrogen) atoms. The third-order valence-electron chi connectivity index (χ3n) is 4.70. The van der Waals surface area contributed by atoms with Crippen LogP contribution in [0.5, 0.6) is 5.75 Å². The Labute approximate surface area is 164 Å². The quantitative estimate of drug-likeness (QED) is 0.710. The Morgan fingerprint density at radius 1 is 1.18 bits per heavy atom. The van der Waals surface area contributed by atoms with Crippen LogP contribution < -0.4 is 9.46 Å². The fourth-order valence-corrected chi connectivity index (χ4v) is 4.21. The van der Waals surface area contributed by atoms with Gasteiger partial charge in [0.05, 0.1) is 0 Å². The largest absolute Gasteiger partial charge is 0.482 e. The van der Waals surface area contributed by atoms with Crippen molar-refractivity contribution < 1.29 is 23.1 Å². The predicted molar refractivity (Wildman–Crippen MR) is 107 cm³/mol. The lowest BCUT2D eigenvalue weighted by Gasteiger charge is -2.26. The molecule has 1 aliphatic rings. The first-order valence-corrected chi connectivity index (χ1v) is 10.7. The van der Waals surface area contributed by atoms with Gasteiger partial charge in [-0.2, -0.15) is 0 Å². The Morgan fingerprint density at radius 3 is 2.71 bits per heavy atom. The first-order chi connectivity index (χ1) is 13.4. The van der Waals surface area contributed by atoms with Crippen molar-refractivity contribution in [1.29, 1.82) is 0 Å². The van der Waals surface area contributed by atoms with Gasteiger partial charge in [-0.3, -0.25) is 0 Å². The van der Waals surface area contributed by atoms with Gasteiger partial charge in [0.1, 0.15) is 5.75 Å². The van der Waals surface area contributed by atoms with E-state index in [0.717, 1.165) is 36.0 Å². The zero-order chi connectivity index (χ0) is 20.0. The maximum Gasteiger partial charge on any atom is 0.341 e. The van der Waals surface area contributed by atoms with Gasteiger partial charge in [0, 0.05) is 12.0 Å². The number of carbonyl (C=O) groups is 1. The zero-order valence-electron chi connectivity index (χ0n) is 15.4. The number of fused-ring (bicyclic) bond motifs is 1. The van der Waals surface area contributed by atoms with Crippen molar-refractivity contribution in [2.45, 2.75) is 19.3 Å². The molecule has 0 aliphatic heterocycles. The van der Waals surface area contributed by atoms with Crippen molar-refractivity contribution in [3.8, 4) is 5.75 Å². The minimum Gasteiger partial charge on any atom is -0.482 e. The average Bonchev–Trinajstić information content (AvgIpc) is 2.70. The summed E-state index contributed by atoms with van der Waals surface area (Å²) in [5, 5.41) is 9.98. The number of carboxylic acid groups (broad SMARTS) is 1. The molecule has 2 aromatic rings. The molecule has 1 atom stereocenters. The van der Waals surface area contributed by atoms with Crippen molar-refractivity contribution in [2.24, 2.45) is 5.92 Å². The molecule has 2 aromatic carbocycles. The number of rotatable bonds is 8. The first kappa shape index (κ1) is 20.1. The molecule has 3 rings (SSSR count). The van der Waals surface area contributed by atoms with Gasteiger partial charge < -0.3 is 9.84 Å². The van der Waals surface area contributed by atoms with Crippen LogP contribution in [-0.4, -0.2) is 32.6 Å². The summed E-state index contributed by atoms with van der Waals surface area (Å²) < 4.78 is 32.5. The summed E-state index contributed by atoms with van der Waals surface area (Å²) in [6, 6.07) is 14.9. The van der Waals surface area contributed by atoms with Crippen molar-refractivity contribution in [1.82, 2.24) is 4.72 Å². The van der Waals surface area contributed by atoms with Gasteiger partial charge in [0.15, 0.2) is 6.61 Å². The highest BCUT2D eigenvalue weighted by Crippen LogP contribution is 2.32. The van der Waals surface area contributed by atoms with E-state index in [-0.39, 0.29) is 12.5 Å². The van der Waals surface area contributed by atoms with Gasteiger partial charge in [0.2, 0.25) is 10.0 Å². The van der Waals surface area contributed by atoms with Gasteiger partial charge >= 0.3 is 5.97 Å². The highest BCUT2D eigenvalue weighted by molar-refractivity contribution is 7.92. The first-order valence-electron chi connectivity index (χ1n) is 9.11. The van der Waals surface area contributed by atoms with Gasteiger partial charge in [-0.05, 0) is 54.0 Å². The fourth-order valence-electron chi connectivity index (χ4n) is 3.31. The molecule has 0 amide bonds. The molecule has 1 unspecified atom stereocenters. The second-order valence-corrected chi connectivity index (χ2v) is 8.44. The van der Waals surface area contributed by atoms with Crippen LogP contribution in [0, 0.1) is 5.92 Å². The standard InChI is InChI=1S/C21H23NO5S/c23-21(24)15-27-20-8-4-7-18-13-17(9-10-19(18)20)14-22-28(25,26)12-11-16-5-2-1-3-6-16/h1-8,11-12,17,22H,9-10,13-15H2,(H,23,24). The number of sulfonamides is 1. The SMILES string of the molecule is O=C(O)COc1cccc2c1CCC(CNS(=O)(=O)C=Cc1ccccc1)C2. The Balaban J connectivity index is 1.58. The average molecular weight is 401 g/mol. The van der Waals surface area contributed by atoms with Gasteiger partial charge in [-0.1, -0.05) is 42.5 Å². The molecule has 7 heteroatoms. The van der Waals surface area contributed by atoms with Crippen LogP contribution in [0.15, 0.2) is 53.9 Å². The summed E-state index contributed by atoms with van der Waals surface area (Å²) in [7, 11) is -3.50. The molecule has 2 N–H and O–H groups in total. The van der Waals surface area contributed by atoms with Crippen molar-refractivity contribution in [2.75, 3.05) is 13.2 Å². The second kappa shape index (κ2) is 9.03. The lowest BCUT2D eigenvalue weighted by atomic mass is 9.83. The predicted octanol–water partition coefficient (Wildman–Crippen LogP) is 2.85. The van der Waals surface area contributed by atoms with Gasteiger partial charge in [-0.25, -0.2) is 17.9 Å². The molecule has 0 radical (unpaired) electrons. The zero-order valence-corrected chi connectivity index (χ0v) is 16.2. The summed E-state index contributed by atoms with van der Waals surface area (Å²) in [6.07, 6.45) is 3.85. The Bertz CT molecular complexity index is 954. The fraction of sp³-hybridized carbons (Fsp3) is 0.286. The van der Waals surface area contributed by atoms with Crippen LogP contribution in [0.2, 0.25) is 0 Å². The van der Waals surface area contributed by atoms with Crippen molar-refractivity contribution >= 4 is 22.1 Å². The van der Waals surface area contributed by atoms with Crippen LogP contribution >= 0.6 is 0 Å². The molecule has 0 saturated carbocycles. The molecule has 0 aromatic heterocycles. The van der Waals surface area contributed by atoms with Crippen molar-refractivity contribution in [3.05, 3.63) is 70.6 Å². The number of ether oxygens (including phenoxy) is 1. The maximum absolute atomic E-state index is 12.2. The van der Waals surface area contributed by atoms with Crippen LogP contribution in [0.25, 0.3) is 6.08 Å². The normalized spacial score (nSPS) is 16.6. The summed E-state index contributed by atoms with van der Waals surface area (Å²) in [6.45, 7) is -0.00541. The molecule has 0 spiro atoms. The van der Waals surface area contributed by atoms with E-state index >= 15 is 0 Å². The second-order valence-electron chi connectivity index (χ2n) is 6.79. The van der Waals surface area contributed by atoms with E-state index in [1.165, 1.54) is 5.41 Å². The van der Waals surface area contributed by atoms with E-state index in [2.05, 4.69) is 4.72 Å². The third-order valence-corrected chi connectivity index (χ3v) is 5.77. The van der Waals surface area contributed by atoms with E-state index in [1.807, 2.05) is 42.5 Å². The summed E-state index contributed by atoms with van der Waals surface area (Å²) >= 11 is 0. The number of benzene rings is 2. The summed E-state index contributed by atoms with van der Waals surface area (Å²) in [5.74, 6) is -0.226. The lowest BCUT2D eigenvalue weighted by molar-refractivity contribution is -0.139. The molecular formula is C21H23NO5S.